The molecule has 1 spiro atoms. The number of carbonyl (C=O) groups excluding carboxylic acids is 4. The normalized spacial score (nSPS) is 22.7. The molecular weight excluding hydrogens is 700 g/mol. The Bertz CT molecular complexity index is 2170. The van der Waals surface area contributed by atoms with Gasteiger partial charge in [-0.2, -0.15) is 0 Å². The van der Waals surface area contributed by atoms with Crippen LogP contribution in [0.25, 0.3) is 0 Å². The van der Waals surface area contributed by atoms with E-state index in [2.05, 4.69) is 58.6 Å². The molecule has 4 amide bonds. The molecule has 4 aliphatic heterocycles. The van der Waals surface area contributed by atoms with Crippen molar-refractivity contribution in [3.05, 3.63) is 107 Å². The van der Waals surface area contributed by atoms with Gasteiger partial charge in [0.1, 0.15) is 30.3 Å². The number of fused-ring (bicyclic) bond motifs is 1. The maximum absolute atomic E-state index is 13.2. The predicted molar refractivity (Wildman–Crippen MR) is 201 cm³/mol. The van der Waals surface area contributed by atoms with Crippen molar-refractivity contribution in [2.75, 3.05) is 36.5 Å². The summed E-state index contributed by atoms with van der Waals surface area (Å²) >= 11 is 0. The molecule has 1 aliphatic carbocycles. The zero-order chi connectivity index (χ0) is 37.9. The molecule has 1 saturated carbocycles. The number of amides is 4. The van der Waals surface area contributed by atoms with Crippen LogP contribution in [0, 0.1) is 5.41 Å². The molecule has 4 fully saturated rings. The van der Waals surface area contributed by atoms with Crippen molar-refractivity contribution in [2.24, 2.45) is 5.41 Å². The standard InChI is InChI=1S/C42H42N6O7/c1-41(2,25-3-8-30(9-4-25)54-20-28-15-16-43-40(45-28)47-21-42(22-47)23-53-24-42)26-5-10-31(11-6-26)55-32-17-29(18-32)44-27-7-12-33-34(19-27)39(52)48(38(33)51)35-13-14-36(49)46-37(35)50/h3-12,15-16,19,29,32,35,44H,13-14,17-18,20-24H2,1-2H3,(H,46,49,50). The molecular formula is C42H42N6O7. The maximum Gasteiger partial charge on any atom is 0.262 e. The van der Waals surface area contributed by atoms with Gasteiger partial charge in [0.25, 0.3) is 11.8 Å². The number of rotatable bonds is 11. The van der Waals surface area contributed by atoms with Gasteiger partial charge in [0.05, 0.1) is 35.4 Å². The first-order valence-corrected chi connectivity index (χ1v) is 18.8. The summed E-state index contributed by atoms with van der Waals surface area (Å²) in [6.07, 6.45) is 3.60. The molecule has 1 aromatic heterocycles. The number of nitrogens with one attached hydrogen (secondary N) is 2. The zero-order valence-electron chi connectivity index (χ0n) is 30.7. The molecule has 2 N–H and O–H groups in total. The highest BCUT2D eigenvalue weighted by atomic mass is 16.5. The highest BCUT2D eigenvalue weighted by molar-refractivity contribution is 6.23. The first-order chi connectivity index (χ1) is 26.5. The Morgan fingerprint density at radius 1 is 0.891 bits per heavy atom. The Balaban J connectivity index is 0.749. The largest absolute Gasteiger partial charge is 0.490 e. The molecule has 1 atom stereocenters. The van der Waals surface area contributed by atoms with Crippen LogP contribution in [0.4, 0.5) is 11.6 Å². The Morgan fingerprint density at radius 3 is 2.25 bits per heavy atom. The van der Waals surface area contributed by atoms with Gasteiger partial charge in [-0.3, -0.25) is 29.4 Å². The molecule has 3 aromatic carbocycles. The number of ether oxygens (including phenoxy) is 3. The van der Waals surface area contributed by atoms with Crippen LogP contribution < -0.4 is 25.0 Å². The summed E-state index contributed by atoms with van der Waals surface area (Å²) in [4.78, 5) is 62.5. The topological polar surface area (TPSA) is 152 Å². The van der Waals surface area contributed by atoms with Gasteiger partial charge >= 0.3 is 0 Å². The van der Waals surface area contributed by atoms with E-state index in [4.69, 9.17) is 19.2 Å². The highest BCUT2D eigenvalue weighted by Gasteiger charge is 2.50. The van der Waals surface area contributed by atoms with Crippen LogP contribution in [0.1, 0.15) is 77.1 Å². The minimum Gasteiger partial charge on any atom is -0.490 e. The van der Waals surface area contributed by atoms with Crippen LogP contribution in [0.2, 0.25) is 0 Å². The SMILES string of the molecule is CC(C)(c1ccc(OCc2ccnc(N3CC4(COC4)C3)n2)cc1)c1ccc(OC2CC(Nc3ccc4c(c3)C(=O)N(C3CCC(=O)NC3=O)C4=O)C2)cc1. The average molecular weight is 743 g/mol. The Hall–Kier alpha value is -5.82. The van der Waals surface area contributed by atoms with Gasteiger partial charge in [0, 0.05) is 55.7 Å². The fourth-order valence-corrected chi connectivity index (χ4v) is 8.11. The minimum atomic E-state index is -0.985. The summed E-state index contributed by atoms with van der Waals surface area (Å²) < 4.78 is 17.8. The third kappa shape index (κ3) is 6.56. The lowest BCUT2D eigenvalue weighted by Crippen LogP contribution is -2.66. The molecule has 5 aliphatic rings. The van der Waals surface area contributed by atoms with Crippen molar-refractivity contribution >= 4 is 35.3 Å². The summed E-state index contributed by atoms with van der Waals surface area (Å²) in [6.45, 7) is 8.31. The van der Waals surface area contributed by atoms with E-state index in [1.807, 2.05) is 30.3 Å². The lowest BCUT2D eigenvalue weighted by atomic mass is 9.78. The summed E-state index contributed by atoms with van der Waals surface area (Å²) in [6, 6.07) is 22.6. The summed E-state index contributed by atoms with van der Waals surface area (Å²) in [5.41, 5.74) is 4.47. The molecule has 0 radical (unpaired) electrons. The summed E-state index contributed by atoms with van der Waals surface area (Å²) in [5.74, 6) is 0.279. The van der Waals surface area contributed by atoms with Gasteiger partial charge in [0.2, 0.25) is 17.8 Å². The monoisotopic (exact) mass is 742 g/mol. The van der Waals surface area contributed by atoms with Crippen molar-refractivity contribution in [1.29, 1.82) is 0 Å². The van der Waals surface area contributed by atoms with Gasteiger partial charge in [-0.05, 0) is 66.1 Å². The first-order valence-electron chi connectivity index (χ1n) is 18.8. The number of anilines is 2. The molecule has 13 heteroatoms. The van der Waals surface area contributed by atoms with E-state index in [-0.39, 0.29) is 41.5 Å². The number of benzene rings is 3. The summed E-state index contributed by atoms with van der Waals surface area (Å²) in [5, 5.41) is 5.67. The third-order valence-electron chi connectivity index (χ3n) is 11.6. The van der Waals surface area contributed by atoms with Gasteiger partial charge in [-0.25, -0.2) is 9.97 Å². The maximum atomic E-state index is 13.2. The number of aromatic nitrogens is 2. The van der Waals surface area contributed by atoms with Crippen molar-refractivity contribution < 1.29 is 33.4 Å². The molecule has 5 heterocycles. The van der Waals surface area contributed by atoms with E-state index >= 15 is 0 Å². The number of piperidine rings is 1. The van der Waals surface area contributed by atoms with Crippen molar-refractivity contribution in [2.45, 2.75) is 69.7 Å². The second kappa shape index (κ2) is 13.5. The molecule has 3 saturated heterocycles. The Kier molecular flexibility index (Phi) is 8.56. The van der Waals surface area contributed by atoms with Crippen LogP contribution in [-0.2, 0) is 26.3 Å². The average Bonchev–Trinajstić information content (AvgIpc) is 3.37. The first kappa shape index (κ1) is 34.9. The zero-order valence-corrected chi connectivity index (χ0v) is 30.7. The van der Waals surface area contributed by atoms with Crippen LogP contribution in [-0.4, -0.2) is 83.0 Å². The number of imide groups is 2. The van der Waals surface area contributed by atoms with Gasteiger partial charge in [0.15, 0.2) is 0 Å². The van der Waals surface area contributed by atoms with Crippen molar-refractivity contribution in [3.8, 4) is 11.5 Å². The summed E-state index contributed by atoms with van der Waals surface area (Å²) in [7, 11) is 0. The minimum absolute atomic E-state index is 0.0451. The van der Waals surface area contributed by atoms with Crippen LogP contribution >= 0.6 is 0 Å². The molecule has 1 unspecified atom stereocenters. The van der Waals surface area contributed by atoms with Crippen LogP contribution in [0.5, 0.6) is 11.5 Å². The molecule has 282 valence electrons. The fourth-order valence-electron chi connectivity index (χ4n) is 8.11. The second-order valence-electron chi connectivity index (χ2n) is 15.9. The molecule has 55 heavy (non-hydrogen) atoms. The van der Waals surface area contributed by atoms with E-state index in [0.29, 0.717) is 12.0 Å². The Morgan fingerprint density at radius 2 is 1.58 bits per heavy atom. The van der Waals surface area contributed by atoms with Crippen molar-refractivity contribution in [3.63, 3.8) is 0 Å². The van der Waals surface area contributed by atoms with E-state index in [9.17, 15) is 19.2 Å². The quantitative estimate of drug-likeness (QED) is 0.207. The second-order valence-corrected chi connectivity index (χ2v) is 15.9. The number of hydrogen-bond donors (Lipinski definition) is 2. The van der Waals surface area contributed by atoms with Gasteiger partial charge in [-0.1, -0.05) is 38.1 Å². The van der Waals surface area contributed by atoms with Crippen LogP contribution in [0.15, 0.2) is 79.0 Å². The highest BCUT2D eigenvalue weighted by Crippen LogP contribution is 2.39. The number of hydrogen-bond acceptors (Lipinski definition) is 11. The van der Waals surface area contributed by atoms with Crippen LogP contribution in [0.3, 0.4) is 0 Å². The molecule has 0 bridgehead atoms. The molecule has 4 aromatic rings. The van der Waals surface area contributed by atoms with E-state index in [1.54, 1.807) is 24.4 Å². The number of carbonyl (C=O) groups is 4. The fraction of sp³-hybridized carbons (Fsp3) is 0.381. The van der Waals surface area contributed by atoms with Gasteiger partial charge in [-0.15, -0.1) is 0 Å². The van der Waals surface area contributed by atoms with Gasteiger partial charge < -0.3 is 24.4 Å². The lowest BCUT2D eigenvalue weighted by molar-refractivity contribution is -0.136. The van der Waals surface area contributed by atoms with Crippen molar-refractivity contribution in [1.82, 2.24) is 20.2 Å². The van der Waals surface area contributed by atoms with E-state index in [1.165, 1.54) is 5.56 Å². The molecule has 13 nitrogen and oxygen atoms in total. The smallest absolute Gasteiger partial charge is 0.262 e. The van der Waals surface area contributed by atoms with E-state index < -0.39 is 29.7 Å². The third-order valence-corrected chi connectivity index (χ3v) is 11.6. The van der Waals surface area contributed by atoms with E-state index in [0.717, 1.165) is 78.4 Å². The molecule has 9 rings (SSSR count). The Labute approximate surface area is 318 Å². The predicted octanol–water partition coefficient (Wildman–Crippen LogP) is 4.64. The lowest BCUT2D eigenvalue weighted by Gasteiger charge is -2.54. The number of nitrogens with zero attached hydrogens (tertiary/aromatic N) is 4.